The lowest BCUT2D eigenvalue weighted by atomic mass is 9.92. The van der Waals surface area contributed by atoms with Crippen LogP contribution >= 0.6 is 34.3 Å². The van der Waals surface area contributed by atoms with Gasteiger partial charge in [-0.1, -0.05) is 122 Å². The van der Waals surface area contributed by atoms with Crippen molar-refractivity contribution in [3.63, 3.8) is 0 Å². The van der Waals surface area contributed by atoms with Gasteiger partial charge in [-0.15, -0.1) is 11.1 Å². The van der Waals surface area contributed by atoms with Crippen LogP contribution in [0.2, 0.25) is 0 Å². The van der Waals surface area contributed by atoms with Crippen molar-refractivity contribution in [2.75, 3.05) is 9.13 Å². The fourth-order valence-electron chi connectivity index (χ4n) is 5.44. The van der Waals surface area contributed by atoms with Crippen LogP contribution in [0.3, 0.4) is 0 Å². The second-order valence-corrected chi connectivity index (χ2v) is 18.6. The Morgan fingerprint density at radius 1 is 0.703 bits per heavy atom. The first-order valence-corrected chi connectivity index (χ1v) is 17.0. The topological polar surface area (TPSA) is 6.48 Å². The van der Waals surface area contributed by atoms with Crippen LogP contribution in [0.15, 0.2) is 60.4 Å². The highest BCUT2D eigenvalue weighted by atomic mass is 35.6. The summed E-state index contributed by atoms with van der Waals surface area (Å²) in [4.78, 5) is 0. The Morgan fingerprint density at radius 2 is 1.03 bits per heavy atom. The van der Waals surface area contributed by atoms with E-state index < -0.39 is 11.7 Å². The third kappa shape index (κ3) is 5.26. The molecule has 1 unspecified atom stereocenters. The highest BCUT2D eigenvalue weighted by Crippen LogP contribution is 2.54. The van der Waals surface area contributed by atoms with Crippen LogP contribution in [-0.4, -0.2) is 11.7 Å². The highest BCUT2D eigenvalue weighted by Gasteiger charge is 2.63. The van der Waals surface area contributed by atoms with Gasteiger partial charge in [0.05, 0.1) is 0 Å². The molecular formula is C31H43Cl3N2Si. The van der Waals surface area contributed by atoms with Crippen molar-refractivity contribution in [3.8, 4) is 0 Å². The fourth-order valence-corrected chi connectivity index (χ4v) is 10.8. The smallest absolute Gasteiger partial charge is 0.340 e. The van der Waals surface area contributed by atoms with Crippen LogP contribution in [0, 0.1) is 0 Å². The Hall–Kier alpha value is -1.39. The molecule has 37 heavy (non-hydrogen) atoms. The molecule has 0 saturated heterocycles. The summed E-state index contributed by atoms with van der Waals surface area (Å²) in [5.41, 5.74) is 8.97. The maximum Gasteiger partial charge on any atom is 0.411 e. The van der Waals surface area contributed by atoms with Crippen LogP contribution in [0.4, 0.5) is 11.4 Å². The predicted octanol–water partition coefficient (Wildman–Crippen LogP) is 10.8. The average Bonchev–Trinajstić information content (AvgIpc) is 2.77. The molecule has 0 bridgehead atoms. The predicted molar refractivity (Wildman–Crippen MR) is 169 cm³/mol. The average molecular weight is 578 g/mol. The van der Waals surface area contributed by atoms with Crippen molar-refractivity contribution in [1.82, 2.24) is 0 Å². The van der Waals surface area contributed by atoms with Crippen molar-refractivity contribution in [2.24, 2.45) is 0 Å². The molecule has 1 heterocycles. The number of para-hydroxylation sites is 2. The van der Waals surface area contributed by atoms with Gasteiger partial charge in [-0.3, -0.25) is 0 Å². The van der Waals surface area contributed by atoms with Crippen molar-refractivity contribution in [3.05, 3.63) is 82.7 Å². The van der Waals surface area contributed by atoms with Gasteiger partial charge in [-0.25, -0.2) is 0 Å². The molecule has 0 amide bonds. The molecule has 0 fully saturated rings. The van der Waals surface area contributed by atoms with Crippen molar-refractivity contribution >= 4 is 53.4 Å². The number of hydrogen-bond donors (Lipinski definition) is 0. The molecule has 3 rings (SSSR count). The van der Waals surface area contributed by atoms with E-state index in [-0.39, 0.29) is 11.8 Å². The molecule has 0 radical (unpaired) electrons. The van der Waals surface area contributed by atoms with Crippen LogP contribution in [-0.2, 0) is 0 Å². The minimum absolute atomic E-state index is 0.281. The van der Waals surface area contributed by atoms with Crippen LogP contribution in [0.1, 0.15) is 115 Å². The number of nitrogens with zero attached hydrogens (tertiary/aromatic N) is 2. The highest BCUT2D eigenvalue weighted by molar-refractivity contribution is 7.31. The summed E-state index contributed by atoms with van der Waals surface area (Å²) >= 11 is 22.6. The van der Waals surface area contributed by atoms with Crippen molar-refractivity contribution in [2.45, 2.75) is 96.9 Å². The zero-order valence-electron chi connectivity index (χ0n) is 24.1. The number of anilines is 2. The fraction of sp³-hybridized carbons (Fsp3) is 0.484. The Labute approximate surface area is 241 Å². The third-order valence-corrected chi connectivity index (χ3v) is 15.0. The normalized spacial score (nSPS) is 19.1. The molecule has 2 aromatic rings. The van der Waals surface area contributed by atoms with Gasteiger partial charge in [0.15, 0.2) is 3.96 Å². The van der Waals surface area contributed by atoms with E-state index in [4.69, 9.17) is 34.3 Å². The molecule has 0 spiro atoms. The molecule has 202 valence electrons. The minimum atomic E-state index is -3.51. The second kappa shape index (κ2) is 11.0. The molecule has 1 aliphatic heterocycles. The summed E-state index contributed by atoms with van der Waals surface area (Å²) < 4.78 is 3.27. The van der Waals surface area contributed by atoms with E-state index in [0.29, 0.717) is 11.8 Å². The molecule has 0 aromatic heterocycles. The summed E-state index contributed by atoms with van der Waals surface area (Å²) in [5.74, 6) is 1.15. The summed E-state index contributed by atoms with van der Waals surface area (Å²) in [7, 11) is -3.51. The number of benzene rings is 2. The molecule has 2 aromatic carbocycles. The first kappa shape index (κ1) is 30.2. The third-order valence-electron chi connectivity index (χ3n) is 7.30. The zero-order valence-corrected chi connectivity index (χ0v) is 27.4. The number of halogens is 3. The van der Waals surface area contributed by atoms with Gasteiger partial charge in [0.25, 0.3) is 0 Å². The molecule has 6 heteroatoms. The number of hydrogen-bond acceptors (Lipinski definition) is 2. The van der Waals surface area contributed by atoms with Gasteiger partial charge in [0, 0.05) is 22.8 Å². The zero-order chi connectivity index (χ0) is 28.0. The van der Waals surface area contributed by atoms with E-state index >= 15 is 0 Å². The van der Waals surface area contributed by atoms with Crippen molar-refractivity contribution < 1.29 is 0 Å². The lowest BCUT2D eigenvalue weighted by Crippen LogP contribution is -2.72. The summed E-state index contributed by atoms with van der Waals surface area (Å²) in [6.07, 6.45) is 2.13. The van der Waals surface area contributed by atoms with Gasteiger partial charge in [-0.2, -0.15) is 0 Å². The maximum absolute atomic E-state index is 8.07. The molecule has 0 N–H and O–H groups in total. The Bertz CT molecular complexity index is 1140. The van der Waals surface area contributed by atoms with E-state index in [1.165, 1.54) is 22.3 Å². The lowest BCUT2D eigenvalue weighted by molar-refractivity contribution is 0.819. The van der Waals surface area contributed by atoms with E-state index in [0.717, 1.165) is 22.8 Å². The van der Waals surface area contributed by atoms with Crippen LogP contribution in [0.25, 0.3) is 0 Å². The minimum Gasteiger partial charge on any atom is -0.340 e. The van der Waals surface area contributed by atoms with Gasteiger partial charge >= 0.3 is 7.71 Å². The largest absolute Gasteiger partial charge is 0.411 e. The first-order valence-electron chi connectivity index (χ1n) is 13.4. The standard InChI is InChI=1S/C31H43Cl3N2Si/c1-19(2)25-14-12-15-26(20(3)4)29(25)35-23(9)18-24(10)36(37(35,34)31(11,32)33)30-27(21(5)6)16-13-17-28(30)22(7)8/h12-22H,9H2,1-8,10-11H3. The van der Waals surface area contributed by atoms with E-state index in [9.17, 15) is 0 Å². The Morgan fingerprint density at radius 3 is 1.32 bits per heavy atom. The van der Waals surface area contributed by atoms with Gasteiger partial charge < -0.3 is 9.13 Å². The molecular weight excluding hydrogens is 535 g/mol. The molecule has 1 atom stereocenters. The van der Waals surface area contributed by atoms with Crippen molar-refractivity contribution in [1.29, 1.82) is 0 Å². The first-order chi connectivity index (χ1) is 17.1. The SMILES string of the molecule is C=C1C=C(C)N(c2c(C(C)C)cccc2C(C)C)[Si](Cl)(C(C)(Cl)Cl)N1c1c(C(C)C)cccc1C(C)C. The summed E-state index contributed by atoms with van der Waals surface area (Å²) in [6, 6.07) is 13.1. The van der Waals surface area contributed by atoms with Crippen LogP contribution < -0.4 is 9.13 Å². The second-order valence-electron chi connectivity index (χ2n) is 11.6. The quantitative estimate of drug-likeness (QED) is 0.183. The number of rotatable bonds is 7. The molecule has 0 aliphatic carbocycles. The number of alkyl halides is 2. The Kier molecular flexibility index (Phi) is 8.96. The van der Waals surface area contributed by atoms with E-state index in [1.807, 2.05) is 6.92 Å². The summed E-state index contributed by atoms with van der Waals surface area (Å²) in [6.45, 7) is 26.3. The van der Waals surface area contributed by atoms with E-state index in [1.54, 1.807) is 0 Å². The van der Waals surface area contributed by atoms with Crippen LogP contribution in [0.5, 0.6) is 0 Å². The number of allylic oxidation sites excluding steroid dienone is 2. The molecule has 2 nitrogen and oxygen atoms in total. The van der Waals surface area contributed by atoms with Gasteiger partial charge in [-0.05, 0) is 65.8 Å². The lowest BCUT2D eigenvalue weighted by Gasteiger charge is -2.55. The Balaban J connectivity index is 2.53. The maximum atomic E-state index is 8.07. The summed E-state index contributed by atoms with van der Waals surface area (Å²) in [5, 5.41) is 0. The molecule has 0 saturated carbocycles. The van der Waals surface area contributed by atoms with E-state index in [2.05, 4.69) is 120 Å². The monoisotopic (exact) mass is 576 g/mol. The van der Waals surface area contributed by atoms with Gasteiger partial charge in [0.2, 0.25) is 0 Å². The van der Waals surface area contributed by atoms with Gasteiger partial charge in [0.1, 0.15) is 0 Å². The molecule has 1 aliphatic rings.